The molecular formula is C40H27IrN2O2S-. The number of nitrogens with zero attached hydrogens (tertiary/aromatic N) is 2. The maximum absolute atomic E-state index is 10.0. The van der Waals surface area contributed by atoms with Gasteiger partial charge in [-0.05, 0) is 65.8 Å². The van der Waals surface area contributed by atoms with Crippen molar-refractivity contribution in [2.24, 2.45) is 0 Å². The van der Waals surface area contributed by atoms with Gasteiger partial charge in [-0.15, -0.1) is 35.1 Å². The Morgan fingerprint density at radius 3 is 2.33 bits per heavy atom. The fourth-order valence-electron chi connectivity index (χ4n) is 6.60. The van der Waals surface area contributed by atoms with Gasteiger partial charge in [0.1, 0.15) is 0 Å². The van der Waals surface area contributed by atoms with Crippen molar-refractivity contribution in [1.29, 1.82) is 0 Å². The van der Waals surface area contributed by atoms with E-state index in [1.165, 1.54) is 89.3 Å². The van der Waals surface area contributed by atoms with Crippen molar-refractivity contribution in [1.82, 2.24) is 9.38 Å². The Labute approximate surface area is 282 Å². The van der Waals surface area contributed by atoms with Gasteiger partial charge < -0.3 is 14.5 Å². The zero-order chi connectivity index (χ0) is 30.7. The summed E-state index contributed by atoms with van der Waals surface area (Å²) in [6.45, 7) is 2.85. The third-order valence-corrected chi connectivity index (χ3v) is 9.48. The van der Waals surface area contributed by atoms with Crippen LogP contribution in [0, 0.1) is 6.07 Å². The van der Waals surface area contributed by atoms with Crippen LogP contribution in [0.5, 0.6) is 0 Å². The number of aliphatic hydroxyl groups excluding tert-OH is 1. The maximum atomic E-state index is 10.0. The van der Waals surface area contributed by atoms with Crippen LogP contribution in [0.4, 0.5) is 0 Å². The molecule has 0 saturated carbocycles. The van der Waals surface area contributed by atoms with E-state index in [-0.39, 0.29) is 31.6 Å². The number of hydrogen-bond donors (Lipinski definition) is 1. The zero-order valence-corrected chi connectivity index (χ0v) is 28.3. The minimum atomic E-state index is -0.125. The fourth-order valence-corrected chi connectivity index (χ4v) is 7.86. The molecule has 0 spiro atoms. The van der Waals surface area contributed by atoms with Crippen LogP contribution in [0.1, 0.15) is 13.8 Å². The van der Waals surface area contributed by atoms with Gasteiger partial charge in [0.05, 0.1) is 11.3 Å². The average Bonchev–Trinajstić information content (AvgIpc) is 3.71. The van der Waals surface area contributed by atoms with E-state index in [2.05, 4.69) is 113 Å². The number of allylic oxidation sites excluding steroid dienone is 2. The zero-order valence-electron chi connectivity index (χ0n) is 25.0. The van der Waals surface area contributed by atoms with Crippen molar-refractivity contribution in [3.05, 3.63) is 133 Å². The first-order chi connectivity index (χ1) is 22.0. The van der Waals surface area contributed by atoms with Crippen LogP contribution in [0.25, 0.3) is 80.7 Å². The number of aliphatic hydroxyl groups is 1. The van der Waals surface area contributed by atoms with Gasteiger partial charge in [0.2, 0.25) is 0 Å². The van der Waals surface area contributed by atoms with Crippen molar-refractivity contribution >= 4 is 75.4 Å². The van der Waals surface area contributed by atoms with Crippen LogP contribution in [0.3, 0.4) is 0 Å². The first-order valence-electron chi connectivity index (χ1n) is 14.8. The summed E-state index contributed by atoms with van der Waals surface area (Å²) in [6.07, 6.45) is 3.01. The maximum Gasteiger partial charge on any atom is 0.155 e. The Balaban J connectivity index is 0.000000384. The molecule has 0 aliphatic carbocycles. The normalized spacial score (nSPS) is 11.8. The SMILES string of the molecule is CC(=O)/C=C(/C)O.[Ir].[c-]1cc2c(cc1-c1ccccn1)c1cc3c(sc4cccc(-c5ccccc5)c43)c3c4ccccc4n2c13. The van der Waals surface area contributed by atoms with E-state index < -0.39 is 0 Å². The third kappa shape index (κ3) is 4.78. The largest absolute Gasteiger partial charge is 0.512 e. The second kappa shape index (κ2) is 11.8. The molecule has 0 atom stereocenters. The molecule has 0 saturated heterocycles. The summed E-state index contributed by atoms with van der Waals surface area (Å²) in [6, 6.07) is 42.7. The standard InChI is InChI=1S/C35H19N2S.C5H8O2.Ir/c1-2-9-21(10-3-1)23-12-8-15-31-32(23)27-20-26-25-19-22(28-13-6-7-18-36-28)16-17-30(25)37-29-14-5-4-11-24(29)33(34(26)37)35(27)38-31;1-4(6)3-5(2)7;/h1-15,17-20H;3,6H,1-2H3;/q-1;;/b;4-3-;. The van der Waals surface area contributed by atoms with Crippen molar-refractivity contribution in [2.75, 3.05) is 0 Å². The number of para-hydroxylation sites is 1. The van der Waals surface area contributed by atoms with Crippen molar-refractivity contribution in [3.8, 4) is 22.4 Å². The van der Waals surface area contributed by atoms with Gasteiger partial charge in [0.15, 0.2) is 5.78 Å². The Bertz CT molecular complexity index is 2580. The molecule has 4 heterocycles. The molecule has 4 aromatic heterocycles. The predicted molar refractivity (Wildman–Crippen MR) is 189 cm³/mol. The van der Waals surface area contributed by atoms with Crippen LogP contribution in [0.15, 0.2) is 127 Å². The number of pyridine rings is 1. The van der Waals surface area contributed by atoms with Crippen LogP contribution >= 0.6 is 11.3 Å². The molecule has 0 amide bonds. The van der Waals surface area contributed by atoms with E-state index in [9.17, 15) is 4.79 Å². The van der Waals surface area contributed by atoms with Gasteiger partial charge in [0.25, 0.3) is 0 Å². The molecule has 0 bridgehead atoms. The number of benzene rings is 5. The molecule has 5 aromatic carbocycles. The summed E-state index contributed by atoms with van der Waals surface area (Å²) < 4.78 is 5.13. The summed E-state index contributed by atoms with van der Waals surface area (Å²) >= 11 is 1.91. The monoisotopic (exact) mass is 792 g/mol. The summed E-state index contributed by atoms with van der Waals surface area (Å²) in [4.78, 5) is 14.6. The second-order valence-electron chi connectivity index (χ2n) is 11.3. The Morgan fingerprint density at radius 2 is 1.59 bits per heavy atom. The Morgan fingerprint density at radius 1 is 0.804 bits per heavy atom. The van der Waals surface area contributed by atoms with Crippen molar-refractivity contribution in [2.45, 2.75) is 13.8 Å². The molecule has 4 nitrogen and oxygen atoms in total. The first-order valence-corrected chi connectivity index (χ1v) is 15.6. The molecule has 0 aliphatic heterocycles. The summed E-state index contributed by atoms with van der Waals surface area (Å²) in [7, 11) is 0. The molecule has 9 rings (SSSR count). The molecule has 1 N–H and O–H groups in total. The summed E-state index contributed by atoms with van der Waals surface area (Å²) in [5.41, 5.74) is 8.25. The minimum Gasteiger partial charge on any atom is -0.512 e. The molecule has 0 aliphatic rings. The number of carbonyl (C=O) groups excluding carboxylic acids is 1. The van der Waals surface area contributed by atoms with Crippen molar-refractivity contribution < 1.29 is 30.0 Å². The predicted octanol–water partition coefficient (Wildman–Crippen LogP) is 10.8. The molecular weight excluding hydrogens is 765 g/mol. The second-order valence-corrected chi connectivity index (χ2v) is 12.3. The van der Waals surface area contributed by atoms with Crippen LogP contribution in [-0.4, -0.2) is 20.3 Å². The van der Waals surface area contributed by atoms with Crippen molar-refractivity contribution in [3.63, 3.8) is 0 Å². The van der Waals surface area contributed by atoms with E-state index in [0.717, 1.165) is 11.3 Å². The smallest absolute Gasteiger partial charge is 0.155 e. The number of carbonyl (C=O) groups is 1. The van der Waals surface area contributed by atoms with E-state index in [1.807, 2.05) is 29.7 Å². The fraction of sp³-hybridized carbons (Fsp3) is 0.0500. The Kier molecular flexibility index (Phi) is 7.66. The number of fused-ring (bicyclic) bond motifs is 10. The molecule has 225 valence electrons. The van der Waals surface area contributed by atoms with Gasteiger partial charge in [0, 0.05) is 68.8 Å². The molecule has 9 aromatic rings. The molecule has 6 heteroatoms. The van der Waals surface area contributed by atoms with Gasteiger partial charge >= 0.3 is 0 Å². The molecule has 0 fully saturated rings. The van der Waals surface area contributed by atoms with E-state index >= 15 is 0 Å². The number of rotatable bonds is 3. The number of thiophene rings is 1. The van der Waals surface area contributed by atoms with Gasteiger partial charge in [-0.1, -0.05) is 78.2 Å². The molecule has 0 unspecified atom stereocenters. The molecule has 46 heavy (non-hydrogen) atoms. The van der Waals surface area contributed by atoms with Gasteiger partial charge in [-0.3, -0.25) is 4.79 Å². The summed E-state index contributed by atoms with van der Waals surface area (Å²) in [5.74, 6) is -0.0625. The first kappa shape index (κ1) is 29.8. The number of ketones is 1. The van der Waals surface area contributed by atoms with E-state index in [4.69, 9.17) is 5.11 Å². The minimum absolute atomic E-state index is 0. The van der Waals surface area contributed by atoms with E-state index in [1.54, 1.807) is 0 Å². The quantitative estimate of drug-likeness (QED) is 0.110. The number of aromatic nitrogens is 2. The molecule has 1 radical (unpaired) electrons. The van der Waals surface area contributed by atoms with Crippen LogP contribution < -0.4 is 0 Å². The van der Waals surface area contributed by atoms with E-state index in [0.29, 0.717) is 0 Å². The van der Waals surface area contributed by atoms with Gasteiger partial charge in [-0.25, -0.2) is 0 Å². The van der Waals surface area contributed by atoms with Gasteiger partial charge in [-0.2, -0.15) is 0 Å². The third-order valence-electron chi connectivity index (χ3n) is 8.30. The summed E-state index contributed by atoms with van der Waals surface area (Å²) in [5, 5.41) is 16.2. The van der Waals surface area contributed by atoms with Crippen LogP contribution in [-0.2, 0) is 24.9 Å². The van der Waals surface area contributed by atoms with Crippen LogP contribution in [0.2, 0.25) is 0 Å². The number of hydrogen-bond acceptors (Lipinski definition) is 4. The topological polar surface area (TPSA) is 54.6 Å². The Hall–Kier alpha value is -4.87. The average molecular weight is 792 g/mol.